The Morgan fingerprint density at radius 2 is 1.00 bits per heavy atom. The second kappa shape index (κ2) is 63.4. The molecule has 2 nitrogen and oxygen atoms in total. The summed E-state index contributed by atoms with van der Waals surface area (Å²) >= 11 is 0. The van der Waals surface area contributed by atoms with Crippen LogP contribution in [0.5, 0.6) is 0 Å². The van der Waals surface area contributed by atoms with Gasteiger partial charge >= 0.3 is 0 Å². The molecule has 0 spiro atoms. The van der Waals surface area contributed by atoms with Gasteiger partial charge in [-0.15, -0.1) is 13.2 Å². The fraction of sp³-hybridized carbons (Fsp3) is 0. The first-order valence-electron chi connectivity index (χ1n) is 0.700. The number of rotatable bonds is 0. The summed E-state index contributed by atoms with van der Waals surface area (Å²) in [5.41, 5.74) is 0. The van der Waals surface area contributed by atoms with Crippen molar-refractivity contribution in [2.75, 3.05) is 0 Å². The van der Waals surface area contributed by atoms with E-state index >= 15 is 0 Å². The summed E-state index contributed by atoms with van der Waals surface area (Å²) in [6, 6.07) is 0. The van der Waals surface area contributed by atoms with Gasteiger partial charge < -0.3 is 0 Å². The van der Waals surface area contributed by atoms with Crippen LogP contribution < -0.4 is 0 Å². The Kier molecular flexibility index (Phi) is 149. The molecule has 0 bridgehead atoms. The second-order valence-electron chi connectivity index (χ2n) is 0. The first kappa shape index (κ1) is 9.40. The summed E-state index contributed by atoms with van der Waals surface area (Å²) in [7, 11) is 0. The molecule has 0 aliphatic rings. The maximum absolute atomic E-state index is 6.00. The standard InChI is InChI=1S/C2H4.H2O2/c2*1-2/h1-2H2;1-2H. The van der Waals surface area contributed by atoms with E-state index in [2.05, 4.69) is 13.2 Å². The van der Waals surface area contributed by atoms with Gasteiger partial charge in [0.05, 0.1) is 0 Å². The molecule has 0 rings (SSSR count). The van der Waals surface area contributed by atoms with E-state index in [-0.39, 0.29) is 0 Å². The van der Waals surface area contributed by atoms with Crippen molar-refractivity contribution < 1.29 is 10.5 Å². The van der Waals surface area contributed by atoms with Crippen molar-refractivity contribution >= 4 is 0 Å². The third-order valence-electron chi connectivity index (χ3n) is 0. The predicted molar refractivity (Wildman–Crippen MR) is 16.5 cm³/mol. The third kappa shape index (κ3) is 6.26. The van der Waals surface area contributed by atoms with Crippen LogP contribution in [0.3, 0.4) is 0 Å². The van der Waals surface area contributed by atoms with Gasteiger partial charge in [0.2, 0.25) is 0 Å². The van der Waals surface area contributed by atoms with Gasteiger partial charge in [-0.05, 0) is 0 Å². The second-order valence-corrected chi connectivity index (χ2v) is 0. The van der Waals surface area contributed by atoms with E-state index in [1.54, 1.807) is 0 Å². The van der Waals surface area contributed by atoms with Crippen molar-refractivity contribution in [3.63, 3.8) is 0 Å². The molecular weight excluding hydrogens is 56.0 g/mol. The zero-order valence-corrected chi connectivity index (χ0v) is 2.31. The Hall–Kier alpha value is -0.340. The molecule has 0 radical (unpaired) electrons. The van der Waals surface area contributed by atoms with Crippen LogP contribution in [0.2, 0.25) is 0 Å². The monoisotopic (exact) mass is 62.0 g/mol. The molecule has 0 aliphatic heterocycles. The average molecular weight is 62.1 g/mol. The van der Waals surface area contributed by atoms with Gasteiger partial charge in [-0.25, -0.2) is 0 Å². The summed E-state index contributed by atoms with van der Waals surface area (Å²) in [5, 5.41) is 12.0. The molecule has 0 atom stereocenters. The molecule has 2 heteroatoms. The zero-order valence-electron chi connectivity index (χ0n) is 2.31. The lowest BCUT2D eigenvalue weighted by molar-refractivity contribution is -0.176. The summed E-state index contributed by atoms with van der Waals surface area (Å²) in [4.78, 5) is 0. The minimum atomic E-state index is 3.00. The summed E-state index contributed by atoms with van der Waals surface area (Å²) in [6.45, 7) is 6.00. The van der Waals surface area contributed by atoms with Gasteiger partial charge in [0.25, 0.3) is 0 Å². The van der Waals surface area contributed by atoms with Crippen LogP contribution >= 0.6 is 0 Å². The molecule has 4 heavy (non-hydrogen) atoms. The quantitative estimate of drug-likeness (QED) is 0.248. The maximum atomic E-state index is 6.00. The molecule has 0 aliphatic carbocycles. The summed E-state index contributed by atoms with van der Waals surface area (Å²) in [6.07, 6.45) is 0. The third-order valence-corrected chi connectivity index (χ3v) is 0. The summed E-state index contributed by atoms with van der Waals surface area (Å²) < 4.78 is 0. The van der Waals surface area contributed by atoms with E-state index in [1.165, 1.54) is 0 Å². The molecule has 0 fully saturated rings. The normalized spacial score (nSPS) is 2.50. The van der Waals surface area contributed by atoms with E-state index in [0.29, 0.717) is 0 Å². The highest BCUT2D eigenvalue weighted by atomic mass is 17.0. The molecule has 0 amide bonds. The van der Waals surface area contributed by atoms with Crippen molar-refractivity contribution in [2.24, 2.45) is 0 Å². The van der Waals surface area contributed by atoms with Crippen LogP contribution in [0.1, 0.15) is 0 Å². The largest absolute Gasteiger partial charge is 0.255 e. The number of hydrogen-bond acceptors (Lipinski definition) is 2. The fourth-order valence-corrected chi connectivity index (χ4v) is 0. The highest BCUT2D eigenvalue weighted by Gasteiger charge is 0.745. The average Bonchev–Trinajstić information content (AvgIpc) is 1.50. The molecule has 26 valence electrons. The van der Waals surface area contributed by atoms with Crippen LogP contribution in [0.4, 0.5) is 0 Å². The first-order valence-corrected chi connectivity index (χ1v) is 0.700. The minimum Gasteiger partial charge on any atom is -0.255 e. The molecule has 0 aromatic heterocycles. The van der Waals surface area contributed by atoms with Crippen molar-refractivity contribution in [1.82, 2.24) is 0 Å². The molecule has 0 saturated carbocycles. The van der Waals surface area contributed by atoms with Crippen molar-refractivity contribution in [2.45, 2.75) is 0 Å². The van der Waals surface area contributed by atoms with Gasteiger partial charge in [-0.3, -0.25) is 10.5 Å². The van der Waals surface area contributed by atoms with Crippen LogP contribution in [0.25, 0.3) is 0 Å². The summed E-state index contributed by atoms with van der Waals surface area (Å²) in [5.74, 6) is 0. The molecule has 0 aromatic carbocycles. The fourth-order valence-electron chi connectivity index (χ4n) is 0. The molecule has 0 heterocycles. The lowest BCUT2D eigenvalue weighted by Crippen LogP contribution is -1.29. The van der Waals surface area contributed by atoms with E-state index in [1.807, 2.05) is 0 Å². The maximum Gasteiger partial charge on any atom is -0.106 e. The SMILES string of the molecule is C=C.OO. The van der Waals surface area contributed by atoms with Crippen molar-refractivity contribution in [1.29, 1.82) is 0 Å². The lowest BCUT2D eigenvalue weighted by atomic mass is 11.3. The molecule has 2 N–H and O–H groups in total. The highest BCUT2D eigenvalue weighted by molar-refractivity contribution is 4.22. The Bertz CT molecular complexity index is 4.00. The van der Waals surface area contributed by atoms with Crippen molar-refractivity contribution in [3.05, 3.63) is 13.2 Å². The van der Waals surface area contributed by atoms with Crippen LogP contribution in [0.15, 0.2) is 13.2 Å². The Balaban J connectivity index is 0. The van der Waals surface area contributed by atoms with Crippen molar-refractivity contribution in [3.8, 4) is 0 Å². The van der Waals surface area contributed by atoms with Gasteiger partial charge in [0.15, 0.2) is 0 Å². The molecule has 0 aromatic rings. The van der Waals surface area contributed by atoms with Gasteiger partial charge in [0.1, 0.15) is 0 Å². The van der Waals surface area contributed by atoms with Crippen LogP contribution in [0, 0.1) is 0 Å². The Labute approximate surface area is 24.9 Å². The highest BCUT2D eigenvalue weighted by Crippen LogP contribution is 0.862. The van der Waals surface area contributed by atoms with E-state index in [0.717, 1.165) is 0 Å². The van der Waals surface area contributed by atoms with E-state index < -0.39 is 0 Å². The van der Waals surface area contributed by atoms with E-state index in [4.69, 9.17) is 10.5 Å². The topological polar surface area (TPSA) is 40.5 Å². The zero-order chi connectivity index (χ0) is 4.00. The van der Waals surface area contributed by atoms with Gasteiger partial charge in [0, 0.05) is 0 Å². The lowest BCUT2D eigenvalue weighted by Gasteiger charge is -1.25. The minimum absolute atomic E-state index is 3.00. The molecule has 0 saturated heterocycles. The van der Waals surface area contributed by atoms with Crippen LogP contribution in [-0.4, -0.2) is 10.5 Å². The number of hydrogen-bond donors (Lipinski definition) is 2. The Morgan fingerprint density at radius 3 is 1.00 bits per heavy atom. The van der Waals surface area contributed by atoms with Gasteiger partial charge in [-0.1, -0.05) is 0 Å². The van der Waals surface area contributed by atoms with E-state index in [9.17, 15) is 0 Å². The predicted octanol–water partition coefficient (Wildman–Crippen LogP) is 0.820. The smallest absolute Gasteiger partial charge is 0.106 e. The van der Waals surface area contributed by atoms with Gasteiger partial charge in [-0.2, -0.15) is 0 Å². The Morgan fingerprint density at radius 1 is 1.00 bits per heavy atom. The molecule has 0 unspecified atom stereocenters. The molecular formula is C2H6O2. The van der Waals surface area contributed by atoms with Crippen LogP contribution in [-0.2, 0) is 0 Å². The first-order chi connectivity index (χ1) is 2.00.